The molecule has 0 unspecified atom stereocenters. The van der Waals surface area contributed by atoms with Gasteiger partial charge in [0, 0.05) is 23.9 Å². The van der Waals surface area contributed by atoms with E-state index in [-0.39, 0.29) is 30.2 Å². The van der Waals surface area contributed by atoms with Crippen molar-refractivity contribution in [2.75, 3.05) is 6.54 Å². The first kappa shape index (κ1) is 26.3. The molecule has 1 aromatic rings. The number of rotatable bonds is 13. The monoisotopic (exact) mass is 559 g/mol. The number of halogens is 2. The summed E-state index contributed by atoms with van der Waals surface area (Å²) in [6.07, 6.45) is 13.7. The fourth-order valence-corrected chi connectivity index (χ4v) is 4.78. The predicted molar refractivity (Wildman–Crippen MR) is 130 cm³/mol. The Morgan fingerprint density at radius 3 is 2.10 bits per heavy atom. The van der Waals surface area contributed by atoms with E-state index in [0.29, 0.717) is 15.4 Å². The number of amides is 2. The van der Waals surface area contributed by atoms with Gasteiger partial charge in [-0.05, 0) is 56.0 Å². The number of nitrogens with zero attached hydrogens (tertiary/aromatic N) is 1. The van der Waals surface area contributed by atoms with E-state index in [2.05, 4.69) is 38.8 Å². The largest absolute Gasteiger partial charge is 0.507 e. The predicted octanol–water partition coefficient (Wildman–Crippen LogP) is 6.56. The third-order valence-electron chi connectivity index (χ3n) is 6.08. The number of aliphatic hydroxyl groups is 1. The standard InChI is InChI=1S/C24H35Br2NO4/c1-2-3-4-5-6-7-8-9-10-11-12-13-21(29)27-15-14-24(31,23(27)30)18-16-19(25)22(26)20(28)17-18/h16-17,28,31H,2-15H2,1H3/t24-/m0/s1. The van der Waals surface area contributed by atoms with Crippen molar-refractivity contribution in [3.63, 3.8) is 0 Å². The van der Waals surface area contributed by atoms with Crippen molar-refractivity contribution in [3.05, 3.63) is 26.6 Å². The molecule has 31 heavy (non-hydrogen) atoms. The fraction of sp³-hybridized carbons (Fsp3) is 0.667. The smallest absolute Gasteiger partial charge is 0.265 e. The van der Waals surface area contributed by atoms with E-state index in [1.807, 2.05) is 0 Å². The third kappa shape index (κ3) is 7.29. The maximum Gasteiger partial charge on any atom is 0.265 e. The van der Waals surface area contributed by atoms with Gasteiger partial charge in [0.1, 0.15) is 5.75 Å². The Kier molecular flexibility index (Phi) is 11.0. The van der Waals surface area contributed by atoms with Gasteiger partial charge in [-0.3, -0.25) is 14.5 Å². The number of carbonyl (C=O) groups excluding carboxylic acids is 2. The summed E-state index contributed by atoms with van der Waals surface area (Å²) < 4.78 is 0.990. The second-order valence-corrected chi connectivity index (χ2v) is 10.2. The third-order valence-corrected chi connectivity index (χ3v) is 8.07. The van der Waals surface area contributed by atoms with E-state index in [1.165, 1.54) is 62.3 Å². The molecule has 2 rings (SSSR count). The Labute approximate surface area is 202 Å². The highest BCUT2D eigenvalue weighted by molar-refractivity contribution is 9.13. The molecule has 1 heterocycles. The zero-order valence-corrected chi connectivity index (χ0v) is 21.6. The van der Waals surface area contributed by atoms with Crippen molar-refractivity contribution in [2.45, 2.75) is 96.0 Å². The highest BCUT2D eigenvalue weighted by atomic mass is 79.9. The molecule has 7 heteroatoms. The van der Waals surface area contributed by atoms with Gasteiger partial charge in [-0.1, -0.05) is 71.1 Å². The summed E-state index contributed by atoms with van der Waals surface area (Å²) in [5, 5.41) is 21.0. The van der Waals surface area contributed by atoms with Crippen LogP contribution in [0.2, 0.25) is 0 Å². The number of imide groups is 1. The van der Waals surface area contributed by atoms with Crippen LogP contribution in [0, 0.1) is 0 Å². The summed E-state index contributed by atoms with van der Waals surface area (Å²) in [4.78, 5) is 26.5. The normalized spacial score (nSPS) is 18.7. The van der Waals surface area contributed by atoms with Gasteiger partial charge >= 0.3 is 0 Å². The van der Waals surface area contributed by atoms with Gasteiger partial charge in [-0.2, -0.15) is 0 Å². The number of phenolic OH excluding ortho intramolecular Hbond substituents is 1. The Balaban J connectivity index is 1.71. The zero-order chi connectivity index (χ0) is 22.9. The van der Waals surface area contributed by atoms with Crippen molar-refractivity contribution in [2.24, 2.45) is 0 Å². The van der Waals surface area contributed by atoms with Gasteiger partial charge < -0.3 is 10.2 Å². The van der Waals surface area contributed by atoms with Crippen LogP contribution in [0.25, 0.3) is 0 Å². The first-order valence-electron chi connectivity index (χ1n) is 11.6. The van der Waals surface area contributed by atoms with Crippen molar-refractivity contribution in [1.29, 1.82) is 0 Å². The highest BCUT2D eigenvalue weighted by Crippen LogP contribution is 2.40. The molecule has 1 fully saturated rings. The first-order chi connectivity index (χ1) is 14.8. The van der Waals surface area contributed by atoms with E-state index in [9.17, 15) is 19.8 Å². The molecule has 0 aliphatic carbocycles. The molecule has 5 nitrogen and oxygen atoms in total. The molecule has 1 aromatic carbocycles. The molecule has 2 N–H and O–H groups in total. The molecule has 0 spiro atoms. The van der Waals surface area contributed by atoms with Crippen molar-refractivity contribution in [3.8, 4) is 5.75 Å². The number of hydrogen-bond donors (Lipinski definition) is 2. The van der Waals surface area contributed by atoms with Crippen LogP contribution in [-0.4, -0.2) is 33.5 Å². The van der Waals surface area contributed by atoms with Crippen LogP contribution in [0.15, 0.2) is 21.1 Å². The van der Waals surface area contributed by atoms with Gasteiger partial charge in [0.25, 0.3) is 5.91 Å². The molecule has 1 atom stereocenters. The van der Waals surface area contributed by atoms with Crippen molar-refractivity contribution < 1.29 is 19.8 Å². The number of unbranched alkanes of at least 4 members (excludes halogenated alkanes) is 10. The fourth-order valence-electron chi connectivity index (χ4n) is 4.10. The molecular formula is C24H35Br2NO4. The number of benzene rings is 1. The molecule has 1 saturated heterocycles. The average Bonchev–Trinajstić information content (AvgIpc) is 3.05. The summed E-state index contributed by atoms with van der Waals surface area (Å²) in [6, 6.07) is 2.96. The topological polar surface area (TPSA) is 77.8 Å². The van der Waals surface area contributed by atoms with E-state index in [1.54, 1.807) is 6.07 Å². The maximum atomic E-state index is 12.8. The summed E-state index contributed by atoms with van der Waals surface area (Å²) in [5.74, 6) is -0.900. The van der Waals surface area contributed by atoms with Crippen LogP contribution in [0.4, 0.5) is 0 Å². The Bertz CT molecular complexity index is 732. The molecule has 174 valence electrons. The molecule has 0 saturated carbocycles. The van der Waals surface area contributed by atoms with Crippen LogP contribution in [-0.2, 0) is 15.2 Å². The summed E-state index contributed by atoms with van der Waals surface area (Å²) in [6.45, 7) is 2.43. The van der Waals surface area contributed by atoms with Crippen molar-refractivity contribution in [1.82, 2.24) is 4.90 Å². The summed E-state index contributed by atoms with van der Waals surface area (Å²) >= 11 is 6.53. The van der Waals surface area contributed by atoms with Gasteiger partial charge in [-0.25, -0.2) is 0 Å². The molecule has 0 bridgehead atoms. The lowest BCUT2D eigenvalue weighted by Gasteiger charge is -2.23. The summed E-state index contributed by atoms with van der Waals surface area (Å²) in [7, 11) is 0. The Morgan fingerprint density at radius 2 is 1.55 bits per heavy atom. The number of hydrogen-bond acceptors (Lipinski definition) is 4. The molecule has 1 aliphatic heterocycles. The van der Waals surface area contributed by atoms with Crippen LogP contribution < -0.4 is 0 Å². The molecule has 2 amide bonds. The van der Waals surface area contributed by atoms with E-state index >= 15 is 0 Å². The summed E-state index contributed by atoms with van der Waals surface area (Å²) in [5.41, 5.74) is -1.50. The number of phenols is 1. The van der Waals surface area contributed by atoms with E-state index in [0.717, 1.165) is 19.3 Å². The quantitative estimate of drug-likeness (QED) is 0.268. The first-order valence-corrected chi connectivity index (χ1v) is 13.2. The second-order valence-electron chi connectivity index (χ2n) is 8.54. The number of carbonyl (C=O) groups is 2. The molecule has 1 aliphatic rings. The molecule has 0 aromatic heterocycles. The maximum absolute atomic E-state index is 12.8. The SMILES string of the molecule is CCCCCCCCCCCCCC(=O)N1CC[C@](O)(c2cc(O)c(Br)c(Br)c2)C1=O. The number of aromatic hydroxyl groups is 1. The average molecular weight is 561 g/mol. The van der Waals surface area contributed by atoms with E-state index < -0.39 is 11.5 Å². The lowest BCUT2D eigenvalue weighted by molar-refractivity contribution is -0.151. The van der Waals surface area contributed by atoms with Gasteiger partial charge in [0.2, 0.25) is 5.91 Å². The van der Waals surface area contributed by atoms with Crippen LogP contribution in [0.5, 0.6) is 5.75 Å². The Hall–Kier alpha value is -0.920. The minimum atomic E-state index is -1.78. The second kappa shape index (κ2) is 12.9. The van der Waals surface area contributed by atoms with Gasteiger partial charge in [0.15, 0.2) is 5.60 Å². The molecular weight excluding hydrogens is 526 g/mol. The number of likely N-dealkylation sites (tertiary alicyclic amines) is 1. The molecule has 0 radical (unpaired) electrons. The lowest BCUT2D eigenvalue weighted by atomic mass is 9.92. The van der Waals surface area contributed by atoms with Gasteiger partial charge in [-0.15, -0.1) is 0 Å². The van der Waals surface area contributed by atoms with Crippen molar-refractivity contribution >= 4 is 43.7 Å². The van der Waals surface area contributed by atoms with Crippen LogP contribution in [0.3, 0.4) is 0 Å². The van der Waals surface area contributed by atoms with Gasteiger partial charge in [0.05, 0.1) is 4.47 Å². The minimum absolute atomic E-state index is 0.0728. The van der Waals surface area contributed by atoms with Crippen LogP contribution in [0.1, 0.15) is 96.0 Å². The lowest BCUT2D eigenvalue weighted by Crippen LogP contribution is -2.40. The Morgan fingerprint density at radius 1 is 1.00 bits per heavy atom. The minimum Gasteiger partial charge on any atom is -0.507 e. The van der Waals surface area contributed by atoms with Crippen LogP contribution >= 0.6 is 31.9 Å². The zero-order valence-electron chi connectivity index (χ0n) is 18.5. The highest BCUT2D eigenvalue weighted by Gasteiger charge is 2.48. The van der Waals surface area contributed by atoms with E-state index in [4.69, 9.17) is 0 Å².